The molecule has 1 aliphatic rings. The second kappa shape index (κ2) is 11.4. The minimum absolute atomic E-state index is 0.212. The summed E-state index contributed by atoms with van der Waals surface area (Å²) in [5, 5.41) is 0. The molecule has 0 saturated carbocycles. The van der Waals surface area contributed by atoms with Crippen LogP contribution < -0.4 is 29.1 Å². The van der Waals surface area contributed by atoms with Gasteiger partial charge >= 0.3 is 5.97 Å². The van der Waals surface area contributed by atoms with E-state index in [-0.39, 0.29) is 12.2 Å². The number of thiazole rings is 1. The fourth-order valence-corrected chi connectivity index (χ4v) is 5.84. The van der Waals surface area contributed by atoms with E-state index in [0.717, 1.165) is 11.1 Å². The smallest absolute Gasteiger partial charge is 0.338 e. The van der Waals surface area contributed by atoms with Crippen LogP contribution in [0.25, 0.3) is 6.08 Å². The minimum atomic E-state index is -0.690. The number of fused-ring (bicyclic) bond motifs is 1. The van der Waals surface area contributed by atoms with Crippen molar-refractivity contribution < 1.29 is 23.7 Å². The van der Waals surface area contributed by atoms with Gasteiger partial charge in [-0.05, 0) is 78.2 Å². The number of halogens is 1. The third-order valence-corrected chi connectivity index (χ3v) is 7.35. The molecule has 4 rings (SSSR count). The number of carbonyl (C=O) groups is 1. The van der Waals surface area contributed by atoms with Gasteiger partial charge in [0.1, 0.15) is 5.75 Å². The van der Waals surface area contributed by atoms with Crippen molar-refractivity contribution in [1.82, 2.24) is 4.57 Å². The van der Waals surface area contributed by atoms with E-state index >= 15 is 0 Å². The van der Waals surface area contributed by atoms with E-state index in [1.807, 2.05) is 31.2 Å². The maximum absolute atomic E-state index is 13.8. The normalized spacial score (nSPS) is 15.2. The molecule has 0 unspecified atom stereocenters. The highest BCUT2D eigenvalue weighted by Gasteiger charge is 2.33. The van der Waals surface area contributed by atoms with Gasteiger partial charge in [0.25, 0.3) is 5.56 Å². The molecule has 1 atom stereocenters. The zero-order valence-electron chi connectivity index (χ0n) is 21.2. The van der Waals surface area contributed by atoms with Gasteiger partial charge in [-0.3, -0.25) is 9.36 Å². The molecule has 0 saturated heterocycles. The van der Waals surface area contributed by atoms with Gasteiger partial charge in [-0.2, -0.15) is 0 Å². The third-order valence-electron chi connectivity index (χ3n) is 5.78. The van der Waals surface area contributed by atoms with Crippen LogP contribution in [0.1, 0.15) is 37.9 Å². The molecular formula is C27H27BrN2O6S. The van der Waals surface area contributed by atoms with Crippen molar-refractivity contribution in [3.63, 3.8) is 0 Å². The van der Waals surface area contributed by atoms with Crippen LogP contribution in [0.4, 0.5) is 0 Å². The van der Waals surface area contributed by atoms with Gasteiger partial charge in [0.2, 0.25) is 0 Å². The van der Waals surface area contributed by atoms with E-state index in [2.05, 4.69) is 20.9 Å². The summed E-state index contributed by atoms with van der Waals surface area (Å²) in [4.78, 5) is 31.9. The number of allylic oxidation sites excluding steroid dienone is 1. The van der Waals surface area contributed by atoms with E-state index in [4.69, 9.17) is 18.9 Å². The molecule has 2 aromatic carbocycles. The number of esters is 1. The third kappa shape index (κ3) is 5.21. The maximum Gasteiger partial charge on any atom is 0.338 e. The number of rotatable bonds is 8. The van der Waals surface area contributed by atoms with Gasteiger partial charge in [-0.15, -0.1) is 0 Å². The first kappa shape index (κ1) is 26.7. The van der Waals surface area contributed by atoms with Gasteiger partial charge < -0.3 is 18.9 Å². The van der Waals surface area contributed by atoms with Crippen molar-refractivity contribution in [2.45, 2.75) is 26.8 Å². The standard InChI is InChI=1S/C27H27BrN2O6S/c1-6-35-20-13-16(12-19(28)24(20)34-5)14-21-25(31)30-23(17-8-10-18(33-4)11-9-17)22(26(32)36-7-2)15(3)29-27(30)37-21/h8-14,23H,6-7H2,1-5H3/b21-14-/t23-/m1/s1. The van der Waals surface area contributed by atoms with Gasteiger partial charge in [0, 0.05) is 0 Å². The number of methoxy groups -OCH3 is 2. The van der Waals surface area contributed by atoms with Crippen molar-refractivity contribution in [3.05, 3.63) is 83.0 Å². The van der Waals surface area contributed by atoms with Gasteiger partial charge in [0.15, 0.2) is 16.3 Å². The largest absolute Gasteiger partial charge is 0.497 e. The highest BCUT2D eigenvalue weighted by Crippen LogP contribution is 2.37. The van der Waals surface area contributed by atoms with Gasteiger partial charge in [-0.25, -0.2) is 9.79 Å². The molecule has 0 amide bonds. The predicted molar refractivity (Wildman–Crippen MR) is 145 cm³/mol. The van der Waals surface area contributed by atoms with Crippen LogP contribution in [0.5, 0.6) is 17.2 Å². The van der Waals surface area contributed by atoms with Gasteiger partial charge in [0.05, 0.1) is 53.8 Å². The lowest BCUT2D eigenvalue weighted by Crippen LogP contribution is -2.39. The molecular weight excluding hydrogens is 560 g/mol. The number of benzene rings is 2. The summed E-state index contributed by atoms with van der Waals surface area (Å²) in [6.45, 7) is 6.07. The number of nitrogens with zero attached hydrogens (tertiary/aromatic N) is 2. The first-order chi connectivity index (χ1) is 17.8. The van der Waals surface area contributed by atoms with Crippen molar-refractivity contribution in [2.75, 3.05) is 27.4 Å². The quantitative estimate of drug-likeness (QED) is 0.371. The van der Waals surface area contributed by atoms with E-state index in [9.17, 15) is 9.59 Å². The lowest BCUT2D eigenvalue weighted by molar-refractivity contribution is -0.139. The Morgan fingerprint density at radius 2 is 1.86 bits per heavy atom. The van der Waals surface area contributed by atoms with E-state index < -0.39 is 12.0 Å². The molecule has 2 heterocycles. The molecule has 0 aliphatic carbocycles. The Hall–Kier alpha value is -3.37. The van der Waals surface area contributed by atoms with Crippen LogP contribution in [0.3, 0.4) is 0 Å². The molecule has 37 heavy (non-hydrogen) atoms. The Bertz CT molecular complexity index is 1540. The van der Waals surface area contributed by atoms with E-state index in [1.54, 1.807) is 50.8 Å². The van der Waals surface area contributed by atoms with Crippen LogP contribution in [0, 0.1) is 0 Å². The van der Waals surface area contributed by atoms with Crippen molar-refractivity contribution in [1.29, 1.82) is 0 Å². The SMILES string of the molecule is CCOC(=O)C1=C(C)N=c2s/c(=C\c3cc(Br)c(OC)c(OCC)c3)c(=O)n2[C@@H]1c1ccc(OC)cc1. The first-order valence-corrected chi connectivity index (χ1v) is 13.3. The lowest BCUT2D eigenvalue weighted by Gasteiger charge is -2.24. The van der Waals surface area contributed by atoms with E-state index in [0.29, 0.717) is 48.9 Å². The second-order valence-electron chi connectivity index (χ2n) is 8.04. The number of ether oxygens (including phenoxy) is 4. The van der Waals surface area contributed by atoms with Gasteiger partial charge in [-0.1, -0.05) is 23.5 Å². The highest BCUT2D eigenvalue weighted by molar-refractivity contribution is 9.10. The van der Waals surface area contributed by atoms with Crippen LogP contribution in [-0.4, -0.2) is 38.0 Å². The maximum atomic E-state index is 13.8. The molecule has 0 bridgehead atoms. The number of hydrogen-bond acceptors (Lipinski definition) is 8. The zero-order valence-corrected chi connectivity index (χ0v) is 23.6. The molecule has 1 aliphatic heterocycles. The van der Waals surface area contributed by atoms with Crippen LogP contribution >= 0.6 is 27.3 Å². The monoisotopic (exact) mass is 586 g/mol. The summed E-state index contributed by atoms with van der Waals surface area (Å²) in [6, 6.07) is 10.3. The molecule has 0 spiro atoms. The second-order valence-corrected chi connectivity index (χ2v) is 9.91. The molecule has 0 fully saturated rings. The summed E-state index contributed by atoms with van der Waals surface area (Å²) in [7, 11) is 3.16. The van der Waals surface area contributed by atoms with Crippen LogP contribution in [0.2, 0.25) is 0 Å². The van der Waals surface area contributed by atoms with Crippen LogP contribution in [0.15, 0.2) is 61.9 Å². The Morgan fingerprint density at radius 3 is 2.49 bits per heavy atom. The number of carbonyl (C=O) groups excluding carboxylic acids is 1. The summed E-state index contributed by atoms with van der Waals surface area (Å²) in [5.41, 5.74) is 2.08. The Balaban J connectivity index is 1.92. The molecule has 8 nitrogen and oxygen atoms in total. The zero-order chi connectivity index (χ0) is 26.7. The topological polar surface area (TPSA) is 88.4 Å². The first-order valence-electron chi connectivity index (χ1n) is 11.7. The van der Waals surface area contributed by atoms with Crippen molar-refractivity contribution in [2.24, 2.45) is 4.99 Å². The summed E-state index contributed by atoms with van der Waals surface area (Å²) in [5.74, 6) is 1.31. The Kier molecular flexibility index (Phi) is 8.19. The minimum Gasteiger partial charge on any atom is -0.497 e. The fourth-order valence-electron chi connectivity index (χ4n) is 4.18. The Labute approximate surface area is 226 Å². The molecule has 194 valence electrons. The molecule has 10 heteroatoms. The van der Waals surface area contributed by atoms with Crippen molar-refractivity contribution in [3.8, 4) is 17.2 Å². The van der Waals surface area contributed by atoms with Crippen LogP contribution in [-0.2, 0) is 9.53 Å². The predicted octanol–water partition coefficient (Wildman–Crippen LogP) is 3.98. The summed E-state index contributed by atoms with van der Waals surface area (Å²) < 4.78 is 24.5. The molecule has 0 N–H and O–H groups in total. The summed E-state index contributed by atoms with van der Waals surface area (Å²) in [6.07, 6.45) is 1.78. The number of aromatic nitrogens is 1. The Morgan fingerprint density at radius 1 is 1.14 bits per heavy atom. The highest BCUT2D eigenvalue weighted by atomic mass is 79.9. The average Bonchev–Trinajstić information content (AvgIpc) is 3.17. The average molecular weight is 587 g/mol. The summed E-state index contributed by atoms with van der Waals surface area (Å²) >= 11 is 4.78. The molecule has 0 radical (unpaired) electrons. The lowest BCUT2D eigenvalue weighted by atomic mass is 9.96. The number of hydrogen-bond donors (Lipinski definition) is 0. The molecule has 1 aromatic heterocycles. The van der Waals surface area contributed by atoms with E-state index in [1.165, 1.54) is 11.3 Å². The fraction of sp³-hybridized carbons (Fsp3) is 0.296. The van der Waals surface area contributed by atoms with Crippen molar-refractivity contribution >= 4 is 39.3 Å². The molecule has 3 aromatic rings.